The van der Waals surface area contributed by atoms with Crippen LogP contribution < -0.4 is 0 Å². The monoisotopic (exact) mass is 326 g/mol. The molecule has 1 unspecified atom stereocenters. The number of aryl methyl sites for hydroxylation is 3. The third kappa shape index (κ3) is 3.83. The van der Waals surface area contributed by atoms with Crippen LogP contribution in [0.25, 0.3) is 0 Å². The first-order valence-corrected chi connectivity index (χ1v) is 7.95. The van der Waals surface area contributed by atoms with Crippen LogP contribution in [0.2, 0.25) is 5.02 Å². The second-order valence-electron chi connectivity index (χ2n) is 5.03. The number of aromatic nitrogens is 3. The van der Waals surface area contributed by atoms with E-state index in [9.17, 15) is 4.79 Å². The van der Waals surface area contributed by atoms with Crippen molar-refractivity contribution in [2.24, 2.45) is 0 Å². The van der Waals surface area contributed by atoms with Gasteiger partial charge in [-0.25, -0.2) is 4.98 Å². The Labute approximate surface area is 133 Å². The molecule has 5 nitrogen and oxygen atoms in total. The number of hydrogen-bond acceptors (Lipinski definition) is 4. The summed E-state index contributed by atoms with van der Waals surface area (Å²) in [7, 11) is 1.82. The van der Waals surface area contributed by atoms with Crippen molar-refractivity contribution in [3.05, 3.63) is 33.0 Å². The Balaban J connectivity index is 1.96. The Morgan fingerprint density at radius 1 is 1.52 bits per heavy atom. The molecule has 0 saturated carbocycles. The zero-order chi connectivity index (χ0) is 15.6. The average Bonchev–Trinajstić information content (AvgIpc) is 3.00. The fraction of sp³-hybridized carbons (Fsp3) is 0.500. The van der Waals surface area contributed by atoms with E-state index in [0.717, 1.165) is 10.7 Å². The van der Waals surface area contributed by atoms with Crippen molar-refractivity contribution in [2.75, 3.05) is 7.05 Å². The molecule has 0 aliphatic carbocycles. The lowest BCUT2D eigenvalue weighted by Gasteiger charge is -2.24. The first-order valence-electron chi connectivity index (χ1n) is 6.76. The van der Waals surface area contributed by atoms with Gasteiger partial charge in [0.15, 0.2) is 0 Å². The summed E-state index contributed by atoms with van der Waals surface area (Å²) in [5, 5.41) is 5.68. The maximum atomic E-state index is 12.3. The summed E-state index contributed by atoms with van der Waals surface area (Å²) < 4.78 is 1.68. The van der Waals surface area contributed by atoms with Gasteiger partial charge in [-0.3, -0.25) is 9.48 Å². The van der Waals surface area contributed by atoms with Gasteiger partial charge in [-0.2, -0.15) is 5.10 Å². The number of carbonyl (C=O) groups excluding carboxylic acids is 1. The molecule has 0 aromatic carbocycles. The molecule has 0 radical (unpaired) electrons. The zero-order valence-electron chi connectivity index (χ0n) is 12.6. The van der Waals surface area contributed by atoms with Crippen LogP contribution in [0.15, 0.2) is 12.4 Å². The summed E-state index contributed by atoms with van der Waals surface area (Å²) in [5.41, 5.74) is 0.982. The van der Waals surface area contributed by atoms with Crippen molar-refractivity contribution in [2.45, 2.75) is 39.8 Å². The van der Waals surface area contributed by atoms with Gasteiger partial charge in [0.05, 0.1) is 28.0 Å². The van der Waals surface area contributed by atoms with Crippen LogP contribution in [0.1, 0.15) is 35.0 Å². The van der Waals surface area contributed by atoms with Gasteiger partial charge in [-0.05, 0) is 20.8 Å². The summed E-state index contributed by atoms with van der Waals surface area (Å²) in [6.07, 6.45) is 3.67. The van der Waals surface area contributed by atoms with Gasteiger partial charge < -0.3 is 4.90 Å². The highest BCUT2D eigenvalue weighted by Crippen LogP contribution is 2.26. The van der Waals surface area contributed by atoms with Crippen molar-refractivity contribution < 1.29 is 4.79 Å². The van der Waals surface area contributed by atoms with Gasteiger partial charge in [0.1, 0.15) is 0 Å². The van der Waals surface area contributed by atoms with E-state index in [2.05, 4.69) is 10.1 Å². The maximum absolute atomic E-state index is 12.3. The summed E-state index contributed by atoms with van der Waals surface area (Å²) in [6, 6.07) is -0.0244. The number of halogens is 1. The Hall–Kier alpha value is -1.40. The smallest absolute Gasteiger partial charge is 0.224 e. The molecule has 0 aliphatic rings. The minimum atomic E-state index is -0.0244. The second-order valence-corrected chi connectivity index (χ2v) is 6.87. The van der Waals surface area contributed by atoms with Crippen molar-refractivity contribution in [3.63, 3.8) is 0 Å². The van der Waals surface area contributed by atoms with Crippen LogP contribution in [0.3, 0.4) is 0 Å². The van der Waals surface area contributed by atoms with E-state index in [1.54, 1.807) is 33.3 Å². The molecule has 0 bridgehead atoms. The summed E-state index contributed by atoms with van der Waals surface area (Å²) in [5.74, 6) is 0.0687. The second kappa shape index (κ2) is 6.58. The Morgan fingerprint density at radius 3 is 2.76 bits per heavy atom. The van der Waals surface area contributed by atoms with Gasteiger partial charge in [0, 0.05) is 31.1 Å². The fourth-order valence-corrected chi connectivity index (χ4v) is 3.24. The SMILES string of the molecule is Cc1nc(C(C)N(C)C(=O)CCn2cc(Cl)cn2)c(C)s1. The molecule has 21 heavy (non-hydrogen) atoms. The maximum Gasteiger partial charge on any atom is 0.224 e. The molecule has 2 rings (SSSR count). The minimum Gasteiger partial charge on any atom is -0.337 e. The third-order valence-corrected chi connectivity index (χ3v) is 4.56. The van der Waals surface area contributed by atoms with Crippen LogP contribution in [-0.4, -0.2) is 32.6 Å². The molecule has 0 saturated heterocycles. The number of amides is 1. The Morgan fingerprint density at radius 2 is 2.24 bits per heavy atom. The first kappa shape index (κ1) is 16.0. The molecular weight excluding hydrogens is 308 g/mol. The lowest BCUT2D eigenvalue weighted by atomic mass is 10.2. The van der Waals surface area contributed by atoms with Crippen LogP contribution in [-0.2, 0) is 11.3 Å². The van der Waals surface area contributed by atoms with Gasteiger partial charge in [0.2, 0.25) is 5.91 Å². The van der Waals surface area contributed by atoms with Gasteiger partial charge in [0.25, 0.3) is 0 Å². The summed E-state index contributed by atoms with van der Waals surface area (Å²) in [6.45, 7) is 6.56. The summed E-state index contributed by atoms with van der Waals surface area (Å²) >= 11 is 7.46. The van der Waals surface area contributed by atoms with Gasteiger partial charge >= 0.3 is 0 Å². The van der Waals surface area contributed by atoms with Crippen molar-refractivity contribution in [1.29, 1.82) is 0 Å². The summed E-state index contributed by atoms with van der Waals surface area (Å²) in [4.78, 5) is 19.7. The highest BCUT2D eigenvalue weighted by molar-refractivity contribution is 7.11. The molecule has 1 atom stereocenters. The largest absolute Gasteiger partial charge is 0.337 e. The van der Waals surface area contributed by atoms with Gasteiger partial charge in [-0.15, -0.1) is 11.3 Å². The molecule has 0 N–H and O–H groups in total. The molecule has 0 spiro atoms. The van der Waals surface area contributed by atoms with E-state index in [1.165, 1.54) is 4.88 Å². The van der Waals surface area contributed by atoms with E-state index in [4.69, 9.17) is 11.6 Å². The standard InChI is InChI=1S/C14H19ClN4OS/c1-9(14-10(2)21-11(3)17-14)18(4)13(20)5-6-19-8-12(15)7-16-19/h7-9H,5-6H2,1-4H3. The molecule has 0 aliphatic heterocycles. The number of hydrogen-bond donors (Lipinski definition) is 0. The van der Waals surface area contributed by atoms with Crippen LogP contribution in [0.5, 0.6) is 0 Å². The van der Waals surface area contributed by atoms with Crippen LogP contribution in [0.4, 0.5) is 0 Å². The van der Waals surface area contributed by atoms with Crippen molar-refractivity contribution in [1.82, 2.24) is 19.7 Å². The number of carbonyl (C=O) groups is 1. The molecule has 0 fully saturated rings. The van der Waals surface area contributed by atoms with E-state index in [1.807, 2.05) is 27.8 Å². The van der Waals surface area contributed by atoms with Crippen LogP contribution >= 0.6 is 22.9 Å². The Bertz CT molecular complexity index is 637. The minimum absolute atomic E-state index is 0.0244. The molecule has 2 heterocycles. The highest BCUT2D eigenvalue weighted by Gasteiger charge is 2.21. The molecule has 2 aromatic rings. The topological polar surface area (TPSA) is 51.0 Å². The predicted octanol–water partition coefficient (Wildman–Crippen LogP) is 3.22. The lowest BCUT2D eigenvalue weighted by molar-refractivity contribution is -0.132. The van der Waals surface area contributed by atoms with E-state index in [0.29, 0.717) is 18.0 Å². The van der Waals surface area contributed by atoms with Crippen molar-refractivity contribution >= 4 is 28.8 Å². The number of nitrogens with zero attached hydrogens (tertiary/aromatic N) is 4. The molecule has 1 amide bonds. The third-order valence-electron chi connectivity index (χ3n) is 3.47. The zero-order valence-corrected chi connectivity index (χ0v) is 14.2. The molecule has 2 aromatic heterocycles. The number of rotatable bonds is 5. The van der Waals surface area contributed by atoms with Crippen molar-refractivity contribution in [3.8, 4) is 0 Å². The van der Waals surface area contributed by atoms with Crippen LogP contribution in [0, 0.1) is 13.8 Å². The normalized spacial score (nSPS) is 12.4. The molecule has 7 heteroatoms. The lowest BCUT2D eigenvalue weighted by Crippen LogP contribution is -2.30. The Kier molecular flexibility index (Phi) is 5.00. The molecular formula is C14H19ClN4OS. The quantitative estimate of drug-likeness (QED) is 0.847. The average molecular weight is 327 g/mol. The van der Waals surface area contributed by atoms with E-state index in [-0.39, 0.29) is 11.9 Å². The fourth-order valence-electron chi connectivity index (χ4n) is 2.18. The molecule has 114 valence electrons. The van der Waals surface area contributed by atoms with Gasteiger partial charge in [-0.1, -0.05) is 11.6 Å². The predicted molar refractivity (Wildman–Crippen MR) is 84.6 cm³/mol. The highest BCUT2D eigenvalue weighted by atomic mass is 35.5. The first-order chi connectivity index (χ1) is 9.88. The van der Waals surface area contributed by atoms with E-state index >= 15 is 0 Å². The number of thiazole rings is 1. The van der Waals surface area contributed by atoms with E-state index < -0.39 is 0 Å².